The Morgan fingerprint density at radius 3 is 1.53 bits per heavy atom. The van der Waals surface area contributed by atoms with Gasteiger partial charge in [-0.3, -0.25) is 0 Å². The summed E-state index contributed by atoms with van der Waals surface area (Å²) in [6.45, 7) is 4.71. The van der Waals surface area contributed by atoms with E-state index in [0.29, 0.717) is 5.82 Å². The smallest absolute Gasteiger partial charge is 0.160 e. The summed E-state index contributed by atoms with van der Waals surface area (Å²) < 4.78 is 2.43. The Hall–Kier alpha value is -8.14. The lowest BCUT2D eigenvalue weighted by molar-refractivity contribution is 0.660. The maximum Gasteiger partial charge on any atom is 0.160 e. The number of hydrogen-bond donors (Lipinski definition) is 0. The first-order valence-corrected chi connectivity index (χ1v) is 22.1. The van der Waals surface area contributed by atoms with Crippen molar-refractivity contribution in [2.45, 2.75) is 19.3 Å². The highest BCUT2D eigenvalue weighted by Gasteiger charge is 2.35. The average Bonchev–Trinajstić information content (AvgIpc) is 3.82. The van der Waals surface area contributed by atoms with Crippen LogP contribution in [0.3, 0.4) is 0 Å². The molecule has 0 atom stereocenters. The standard InChI is InChI=1S/C61H43N3/c1-61(2)54-28-16-14-26-50(54)51-32-30-43(37-55(51)61)48-24-12-13-25-49(48)44-31-33-53-52-27-15-17-29-58(52)64(59(53)38-44)47-35-45(40-18-6-3-7-19-40)34-46(36-47)60-62-56(41-20-8-4-9-21-41)39-57(63-60)42-22-10-5-11-23-42/h3-39H,1-2H3. The maximum atomic E-state index is 5.30. The normalized spacial score (nSPS) is 12.7. The van der Waals surface area contributed by atoms with Crippen LogP contribution in [-0.4, -0.2) is 14.5 Å². The molecule has 9 aromatic carbocycles. The number of benzene rings is 9. The van der Waals surface area contributed by atoms with Gasteiger partial charge < -0.3 is 4.57 Å². The quantitative estimate of drug-likeness (QED) is 0.160. The van der Waals surface area contributed by atoms with E-state index < -0.39 is 0 Å². The molecule has 302 valence electrons. The van der Waals surface area contributed by atoms with Crippen LogP contribution in [0.2, 0.25) is 0 Å². The Morgan fingerprint density at radius 2 is 0.844 bits per heavy atom. The maximum absolute atomic E-state index is 5.30. The van der Waals surface area contributed by atoms with Gasteiger partial charge in [-0.05, 0) is 98.1 Å². The number of para-hydroxylation sites is 1. The lowest BCUT2D eigenvalue weighted by Gasteiger charge is -2.22. The van der Waals surface area contributed by atoms with Crippen LogP contribution in [0.25, 0.3) is 106 Å². The van der Waals surface area contributed by atoms with Crippen LogP contribution >= 0.6 is 0 Å². The molecule has 0 aliphatic heterocycles. The van der Waals surface area contributed by atoms with Crippen LogP contribution in [0, 0.1) is 0 Å². The third-order valence-electron chi connectivity index (χ3n) is 13.2. The number of fused-ring (bicyclic) bond motifs is 6. The van der Waals surface area contributed by atoms with Crippen LogP contribution in [0.4, 0.5) is 0 Å². The van der Waals surface area contributed by atoms with Gasteiger partial charge in [-0.1, -0.05) is 196 Å². The summed E-state index contributed by atoms with van der Waals surface area (Å²) in [5.74, 6) is 0.676. The Morgan fingerprint density at radius 1 is 0.328 bits per heavy atom. The minimum atomic E-state index is -0.0825. The van der Waals surface area contributed by atoms with Gasteiger partial charge >= 0.3 is 0 Å². The molecule has 0 bridgehead atoms. The fourth-order valence-electron chi connectivity index (χ4n) is 10.0. The summed E-state index contributed by atoms with van der Waals surface area (Å²) in [6, 6.07) is 80.9. The summed E-state index contributed by atoms with van der Waals surface area (Å²) in [7, 11) is 0. The Balaban J connectivity index is 1.06. The van der Waals surface area contributed by atoms with Crippen molar-refractivity contribution >= 4 is 21.8 Å². The van der Waals surface area contributed by atoms with Crippen molar-refractivity contribution in [1.29, 1.82) is 0 Å². The Kier molecular flexibility index (Phi) is 8.84. The van der Waals surface area contributed by atoms with E-state index in [9.17, 15) is 0 Å². The molecule has 0 saturated carbocycles. The van der Waals surface area contributed by atoms with Gasteiger partial charge in [0.15, 0.2) is 5.82 Å². The monoisotopic (exact) mass is 817 g/mol. The Labute approximate surface area is 373 Å². The van der Waals surface area contributed by atoms with Crippen molar-refractivity contribution in [3.63, 3.8) is 0 Å². The molecule has 11 aromatic rings. The fraction of sp³-hybridized carbons (Fsp3) is 0.0492. The molecule has 0 saturated heterocycles. The SMILES string of the molecule is CC1(C)c2ccccc2-c2ccc(-c3ccccc3-c3ccc4c5ccccc5n(-c5cc(-c6ccccc6)cc(-c6nc(-c7ccccc7)cc(-c7ccccc7)n6)c5)c4c3)cc21. The van der Waals surface area contributed by atoms with Gasteiger partial charge in [-0.2, -0.15) is 0 Å². The summed E-state index contributed by atoms with van der Waals surface area (Å²) in [5, 5.41) is 2.41. The van der Waals surface area contributed by atoms with E-state index in [2.05, 4.69) is 231 Å². The lowest BCUT2D eigenvalue weighted by Crippen LogP contribution is -2.14. The summed E-state index contributed by atoms with van der Waals surface area (Å²) >= 11 is 0. The molecule has 0 spiro atoms. The number of rotatable bonds is 7. The first-order valence-electron chi connectivity index (χ1n) is 22.1. The molecule has 3 heteroatoms. The van der Waals surface area contributed by atoms with Gasteiger partial charge in [0.25, 0.3) is 0 Å². The van der Waals surface area contributed by atoms with Crippen LogP contribution < -0.4 is 0 Å². The van der Waals surface area contributed by atoms with Gasteiger partial charge in [0.05, 0.1) is 22.4 Å². The molecule has 2 aromatic heterocycles. The molecule has 1 aliphatic rings. The second-order valence-corrected chi connectivity index (χ2v) is 17.4. The minimum absolute atomic E-state index is 0.0825. The molecule has 0 amide bonds. The number of nitrogens with zero attached hydrogens (tertiary/aromatic N) is 3. The van der Waals surface area contributed by atoms with Crippen molar-refractivity contribution in [2.75, 3.05) is 0 Å². The topological polar surface area (TPSA) is 30.7 Å². The highest BCUT2D eigenvalue weighted by molar-refractivity contribution is 6.10. The third kappa shape index (κ3) is 6.28. The summed E-state index contributed by atoms with van der Waals surface area (Å²) in [6.07, 6.45) is 0. The zero-order valence-corrected chi connectivity index (χ0v) is 35.7. The van der Waals surface area contributed by atoms with Crippen molar-refractivity contribution in [3.8, 4) is 84.1 Å². The molecule has 2 heterocycles. The highest BCUT2D eigenvalue weighted by atomic mass is 15.0. The zero-order chi connectivity index (χ0) is 42.8. The first-order chi connectivity index (χ1) is 31.5. The van der Waals surface area contributed by atoms with Crippen LogP contribution in [0.15, 0.2) is 224 Å². The molecule has 64 heavy (non-hydrogen) atoms. The first kappa shape index (κ1) is 37.6. The third-order valence-corrected chi connectivity index (χ3v) is 13.2. The average molecular weight is 818 g/mol. The van der Waals surface area contributed by atoms with Crippen LogP contribution in [0.5, 0.6) is 0 Å². The molecule has 12 rings (SSSR count). The predicted molar refractivity (Wildman–Crippen MR) is 267 cm³/mol. The molecule has 0 radical (unpaired) electrons. The molecule has 3 nitrogen and oxygen atoms in total. The summed E-state index contributed by atoms with van der Waals surface area (Å²) in [4.78, 5) is 10.6. The lowest BCUT2D eigenvalue weighted by atomic mass is 9.81. The van der Waals surface area contributed by atoms with E-state index in [1.165, 1.54) is 55.3 Å². The van der Waals surface area contributed by atoms with Crippen molar-refractivity contribution in [1.82, 2.24) is 14.5 Å². The second-order valence-electron chi connectivity index (χ2n) is 17.4. The fourth-order valence-corrected chi connectivity index (χ4v) is 10.0. The van der Waals surface area contributed by atoms with Crippen molar-refractivity contribution in [3.05, 3.63) is 236 Å². The van der Waals surface area contributed by atoms with Crippen LogP contribution in [0.1, 0.15) is 25.0 Å². The van der Waals surface area contributed by atoms with Crippen molar-refractivity contribution < 1.29 is 0 Å². The summed E-state index contributed by atoms with van der Waals surface area (Å²) in [5.41, 5.74) is 20.5. The Bertz CT molecular complexity index is 3510. The van der Waals surface area contributed by atoms with E-state index in [1.54, 1.807) is 0 Å². The molecule has 0 fully saturated rings. The zero-order valence-electron chi connectivity index (χ0n) is 35.7. The van der Waals surface area contributed by atoms with E-state index in [1.807, 2.05) is 12.1 Å². The molecule has 1 aliphatic carbocycles. The highest BCUT2D eigenvalue weighted by Crippen LogP contribution is 2.50. The van der Waals surface area contributed by atoms with Gasteiger partial charge in [0.2, 0.25) is 0 Å². The van der Waals surface area contributed by atoms with Gasteiger partial charge in [-0.25, -0.2) is 9.97 Å². The molecule has 0 unspecified atom stereocenters. The molecular formula is C61H43N3. The van der Waals surface area contributed by atoms with Gasteiger partial charge in [-0.15, -0.1) is 0 Å². The minimum Gasteiger partial charge on any atom is -0.309 e. The van der Waals surface area contributed by atoms with Gasteiger partial charge in [0, 0.05) is 38.6 Å². The molecule has 0 N–H and O–H groups in total. The number of aromatic nitrogens is 3. The molecular weight excluding hydrogens is 775 g/mol. The van der Waals surface area contributed by atoms with E-state index in [0.717, 1.165) is 55.9 Å². The predicted octanol–water partition coefficient (Wildman–Crippen LogP) is 15.9. The van der Waals surface area contributed by atoms with E-state index in [4.69, 9.17) is 9.97 Å². The van der Waals surface area contributed by atoms with Crippen molar-refractivity contribution in [2.24, 2.45) is 0 Å². The van der Waals surface area contributed by atoms with E-state index in [-0.39, 0.29) is 5.41 Å². The number of hydrogen-bond acceptors (Lipinski definition) is 2. The van der Waals surface area contributed by atoms with E-state index >= 15 is 0 Å². The van der Waals surface area contributed by atoms with Crippen LogP contribution in [-0.2, 0) is 5.41 Å². The van der Waals surface area contributed by atoms with Gasteiger partial charge in [0.1, 0.15) is 0 Å². The largest absolute Gasteiger partial charge is 0.309 e. The second kappa shape index (κ2) is 15.0.